The average Bonchev–Trinajstić information content (AvgIpc) is 3.07. The highest BCUT2D eigenvalue weighted by Crippen LogP contribution is 2.41. The van der Waals surface area contributed by atoms with E-state index in [1.807, 2.05) is 24.3 Å². The van der Waals surface area contributed by atoms with Crippen LogP contribution in [0.1, 0.15) is 24.2 Å². The second-order valence-electron chi connectivity index (χ2n) is 10.3. The SMILES string of the molecule is CCN(CC)S(=O)(=O)c1ccc(N2CCOCC2)c(NC(=O)c2cc(-c3cc(OC)c(OC)c(OC)c3)nc3ccccc23)c1. The molecule has 1 aromatic heterocycles. The zero-order valence-electron chi connectivity index (χ0n) is 26.1. The molecule has 0 atom stereocenters. The van der Waals surface area contributed by atoms with E-state index in [9.17, 15) is 13.2 Å². The Labute approximate surface area is 263 Å². The quantitative estimate of drug-likeness (QED) is 0.242. The van der Waals surface area contributed by atoms with E-state index in [0.717, 1.165) is 0 Å². The molecule has 5 rings (SSSR count). The van der Waals surface area contributed by atoms with Gasteiger partial charge in [-0.1, -0.05) is 32.0 Å². The van der Waals surface area contributed by atoms with Gasteiger partial charge in [-0.15, -0.1) is 0 Å². The van der Waals surface area contributed by atoms with Crippen LogP contribution in [0.3, 0.4) is 0 Å². The molecule has 12 heteroatoms. The number of benzene rings is 3. The summed E-state index contributed by atoms with van der Waals surface area (Å²) in [5, 5.41) is 3.69. The van der Waals surface area contributed by atoms with Gasteiger partial charge in [0.2, 0.25) is 15.8 Å². The van der Waals surface area contributed by atoms with Crippen molar-refractivity contribution in [2.45, 2.75) is 18.7 Å². The number of hydrogen-bond donors (Lipinski definition) is 1. The molecule has 1 N–H and O–H groups in total. The highest BCUT2D eigenvalue weighted by Gasteiger charge is 2.26. The molecular weight excluding hydrogens is 596 g/mol. The number of rotatable bonds is 11. The number of hydrogen-bond acceptors (Lipinski definition) is 9. The number of methoxy groups -OCH3 is 3. The predicted molar refractivity (Wildman–Crippen MR) is 174 cm³/mol. The van der Waals surface area contributed by atoms with Gasteiger partial charge in [0, 0.05) is 37.1 Å². The van der Waals surface area contributed by atoms with Crippen molar-refractivity contribution in [1.29, 1.82) is 0 Å². The Morgan fingerprint density at radius 3 is 2.22 bits per heavy atom. The number of pyridine rings is 1. The smallest absolute Gasteiger partial charge is 0.256 e. The average molecular weight is 635 g/mol. The Hall–Kier alpha value is -4.39. The molecule has 0 saturated carbocycles. The number of sulfonamides is 1. The van der Waals surface area contributed by atoms with Gasteiger partial charge >= 0.3 is 0 Å². The van der Waals surface area contributed by atoms with Crippen molar-refractivity contribution < 1.29 is 32.2 Å². The van der Waals surface area contributed by atoms with Gasteiger partial charge in [0.25, 0.3) is 5.91 Å². The molecule has 0 unspecified atom stereocenters. The van der Waals surface area contributed by atoms with E-state index in [1.54, 1.807) is 50.2 Å². The number of anilines is 2. The number of ether oxygens (including phenoxy) is 4. The molecule has 2 heterocycles. The summed E-state index contributed by atoms with van der Waals surface area (Å²) in [7, 11) is 0.831. The van der Waals surface area contributed by atoms with Crippen LogP contribution in [0.25, 0.3) is 22.2 Å². The van der Waals surface area contributed by atoms with Crippen molar-refractivity contribution in [2.24, 2.45) is 0 Å². The van der Waals surface area contributed by atoms with E-state index in [4.69, 9.17) is 23.9 Å². The minimum Gasteiger partial charge on any atom is -0.493 e. The maximum absolute atomic E-state index is 14.2. The maximum Gasteiger partial charge on any atom is 0.256 e. The molecule has 3 aromatic carbocycles. The second kappa shape index (κ2) is 13.7. The molecule has 0 bridgehead atoms. The minimum absolute atomic E-state index is 0.108. The third-order valence-electron chi connectivity index (χ3n) is 7.83. The van der Waals surface area contributed by atoms with Crippen LogP contribution in [0.15, 0.2) is 65.6 Å². The predicted octanol–water partition coefficient (Wildman–Crippen LogP) is 5.05. The summed E-state index contributed by atoms with van der Waals surface area (Å²) in [5.74, 6) is 0.940. The van der Waals surface area contributed by atoms with Gasteiger partial charge < -0.3 is 29.2 Å². The number of amides is 1. The van der Waals surface area contributed by atoms with E-state index >= 15 is 0 Å². The largest absolute Gasteiger partial charge is 0.493 e. The number of nitrogens with one attached hydrogen (secondary N) is 1. The third-order valence-corrected chi connectivity index (χ3v) is 9.88. The van der Waals surface area contributed by atoms with Crippen molar-refractivity contribution in [1.82, 2.24) is 9.29 Å². The van der Waals surface area contributed by atoms with Crippen LogP contribution >= 0.6 is 0 Å². The normalized spacial score (nSPS) is 13.6. The van der Waals surface area contributed by atoms with Crippen molar-refractivity contribution in [3.8, 4) is 28.5 Å². The first-order valence-corrected chi connectivity index (χ1v) is 16.2. The molecule has 1 aliphatic rings. The van der Waals surface area contributed by atoms with Gasteiger partial charge in [0.05, 0.1) is 67.6 Å². The standard InChI is InChI=1S/C33H38N4O7S/c1-6-37(7-2)45(39,40)23-12-13-29(36-14-16-44-17-15-36)28(20-23)35-33(38)25-21-27(34-26-11-9-8-10-24(25)26)22-18-30(41-3)32(43-5)31(19-22)42-4/h8-13,18-21H,6-7,14-17H2,1-5H3,(H,35,38). The summed E-state index contributed by atoms with van der Waals surface area (Å²) < 4.78 is 50.4. The number of para-hydroxylation sites is 1. The van der Waals surface area contributed by atoms with Crippen LogP contribution in [0.5, 0.6) is 17.2 Å². The molecular formula is C33H38N4O7S. The first-order valence-electron chi connectivity index (χ1n) is 14.7. The Morgan fingerprint density at radius 2 is 1.60 bits per heavy atom. The molecule has 0 spiro atoms. The molecule has 1 fully saturated rings. The molecule has 1 saturated heterocycles. The number of fused-ring (bicyclic) bond motifs is 1. The van der Waals surface area contributed by atoms with Crippen LogP contribution in [-0.4, -0.2) is 84.3 Å². The van der Waals surface area contributed by atoms with Crippen LogP contribution in [0.2, 0.25) is 0 Å². The number of carbonyl (C=O) groups is 1. The van der Waals surface area contributed by atoms with Gasteiger partial charge in [-0.2, -0.15) is 4.31 Å². The lowest BCUT2D eigenvalue weighted by molar-refractivity contribution is 0.102. The van der Waals surface area contributed by atoms with Gasteiger partial charge in [-0.3, -0.25) is 4.79 Å². The summed E-state index contributed by atoms with van der Waals surface area (Å²) in [6.45, 7) is 6.53. The number of morpholine rings is 1. The number of aromatic nitrogens is 1. The Morgan fingerprint density at radius 1 is 0.933 bits per heavy atom. The summed E-state index contributed by atoms with van der Waals surface area (Å²) in [5.41, 5.74) is 3.27. The van der Waals surface area contributed by atoms with E-state index in [0.29, 0.717) is 95.7 Å². The van der Waals surface area contributed by atoms with Crippen LogP contribution in [-0.2, 0) is 14.8 Å². The second-order valence-corrected chi connectivity index (χ2v) is 12.2. The van der Waals surface area contributed by atoms with Crippen LogP contribution < -0.4 is 24.4 Å². The molecule has 1 amide bonds. The lowest BCUT2D eigenvalue weighted by Crippen LogP contribution is -2.37. The van der Waals surface area contributed by atoms with E-state index in [2.05, 4.69) is 10.2 Å². The minimum atomic E-state index is -3.77. The van der Waals surface area contributed by atoms with Crippen LogP contribution in [0, 0.1) is 0 Å². The van der Waals surface area contributed by atoms with Crippen molar-refractivity contribution in [3.05, 3.63) is 66.2 Å². The van der Waals surface area contributed by atoms with E-state index < -0.39 is 15.9 Å². The van der Waals surface area contributed by atoms with Gasteiger partial charge in [0.1, 0.15) is 0 Å². The molecule has 4 aromatic rings. The molecule has 0 aliphatic carbocycles. The monoisotopic (exact) mass is 634 g/mol. The van der Waals surface area contributed by atoms with E-state index in [1.165, 1.54) is 25.6 Å². The summed E-state index contributed by atoms with van der Waals surface area (Å²) >= 11 is 0. The zero-order valence-corrected chi connectivity index (χ0v) is 26.9. The third kappa shape index (κ3) is 6.39. The molecule has 45 heavy (non-hydrogen) atoms. The highest BCUT2D eigenvalue weighted by atomic mass is 32.2. The number of carbonyl (C=O) groups excluding carboxylic acids is 1. The Kier molecular flexibility index (Phi) is 9.76. The van der Waals surface area contributed by atoms with Gasteiger partial charge in [-0.05, 0) is 42.5 Å². The lowest BCUT2D eigenvalue weighted by atomic mass is 10.0. The van der Waals surface area contributed by atoms with Crippen molar-refractivity contribution in [2.75, 3.05) is 70.9 Å². The molecule has 1 aliphatic heterocycles. The van der Waals surface area contributed by atoms with E-state index in [-0.39, 0.29) is 4.90 Å². The summed E-state index contributed by atoms with van der Waals surface area (Å²) in [4.78, 5) is 21.2. The van der Waals surface area contributed by atoms with Crippen molar-refractivity contribution in [3.63, 3.8) is 0 Å². The maximum atomic E-state index is 14.2. The Bertz CT molecular complexity index is 1780. The fourth-order valence-electron chi connectivity index (χ4n) is 5.50. The van der Waals surface area contributed by atoms with Crippen molar-refractivity contribution >= 4 is 38.2 Å². The molecule has 238 valence electrons. The fourth-order valence-corrected chi connectivity index (χ4v) is 6.98. The fraction of sp³-hybridized carbons (Fsp3) is 0.333. The summed E-state index contributed by atoms with van der Waals surface area (Å²) in [6, 6.07) is 17.5. The van der Waals surface area contributed by atoms with Crippen LogP contribution in [0.4, 0.5) is 11.4 Å². The highest BCUT2D eigenvalue weighted by molar-refractivity contribution is 7.89. The Balaban J connectivity index is 1.62. The first-order chi connectivity index (χ1) is 21.7. The molecule has 11 nitrogen and oxygen atoms in total. The van der Waals surface area contributed by atoms with Gasteiger partial charge in [-0.25, -0.2) is 13.4 Å². The zero-order chi connectivity index (χ0) is 32.1. The summed E-state index contributed by atoms with van der Waals surface area (Å²) in [6.07, 6.45) is 0. The lowest BCUT2D eigenvalue weighted by Gasteiger charge is -2.31. The first kappa shape index (κ1) is 32.0. The van der Waals surface area contributed by atoms with Gasteiger partial charge in [0.15, 0.2) is 11.5 Å². The molecule has 0 radical (unpaired) electrons. The number of nitrogens with zero attached hydrogens (tertiary/aromatic N) is 3. The topological polar surface area (TPSA) is 120 Å².